The zero-order valence-electron chi connectivity index (χ0n) is 16.9. The van der Waals surface area contributed by atoms with Crippen molar-refractivity contribution in [1.82, 2.24) is 25.1 Å². The quantitative estimate of drug-likeness (QED) is 0.527. The van der Waals surface area contributed by atoms with Crippen molar-refractivity contribution in [3.63, 3.8) is 0 Å². The summed E-state index contributed by atoms with van der Waals surface area (Å²) in [7, 11) is 3.94. The van der Waals surface area contributed by atoms with Gasteiger partial charge in [-0.1, -0.05) is 43.0 Å². The van der Waals surface area contributed by atoms with Crippen LogP contribution in [-0.4, -0.2) is 39.2 Å². The number of aromatic nitrogens is 4. The van der Waals surface area contributed by atoms with Gasteiger partial charge < -0.3 is 15.1 Å². The van der Waals surface area contributed by atoms with Gasteiger partial charge in [-0.2, -0.15) is 0 Å². The summed E-state index contributed by atoms with van der Waals surface area (Å²) >= 11 is 0. The van der Waals surface area contributed by atoms with Gasteiger partial charge in [-0.15, -0.1) is 10.2 Å². The van der Waals surface area contributed by atoms with E-state index in [0.717, 1.165) is 33.6 Å². The molecule has 30 heavy (non-hydrogen) atoms. The molecule has 0 saturated carbocycles. The van der Waals surface area contributed by atoms with E-state index in [1.165, 1.54) is 0 Å². The molecule has 0 radical (unpaired) electrons. The Bertz CT molecular complexity index is 1160. The molecule has 0 saturated heterocycles. The van der Waals surface area contributed by atoms with Crippen molar-refractivity contribution in [2.24, 2.45) is 5.73 Å². The Balaban J connectivity index is 1.59. The number of hydrogen-bond donors (Lipinski definition) is 1. The standard InChI is InChI=1S/C23H22N6O/c1-15(29(2)3)17-8-10-18(11-9-17)20-13-25-14-21(26-20)23-28-27-22(30-23)19-6-4-16(12-24)5-7-19/h4-11,13-14H,1,12,24H2,2-3H3. The normalized spacial score (nSPS) is 10.8. The molecule has 0 aliphatic carbocycles. The van der Waals surface area contributed by atoms with Crippen LogP contribution in [0, 0.1) is 0 Å². The zero-order valence-corrected chi connectivity index (χ0v) is 16.9. The van der Waals surface area contributed by atoms with Gasteiger partial charge in [0.25, 0.3) is 5.89 Å². The average Bonchev–Trinajstić information content (AvgIpc) is 3.29. The molecule has 150 valence electrons. The maximum absolute atomic E-state index is 5.82. The van der Waals surface area contributed by atoms with Crippen LogP contribution >= 0.6 is 0 Å². The summed E-state index contributed by atoms with van der Waals surface area (Å²) in [6, 6.07) is 15.7. The molecule has 0 spiro atoms. The summed E-state index contributed by atoms with van der Waals surface area (Å²) in [5, 5.41) is 8.27. The van der Waals surface area contributed by atoms with Gasteiger partial charge in [0, 0.05) is 37.5 Å². The maximum atomic E-state index is 5.82. The van der Waals surface area contributed by atoms with Crippen LogP contribution in [0.2, 0.25) is 0 Å². The predicted octanol–water partition coefficient (Wildman–Crippen LogP) is 3.85. The fraction of sp³-hybridized carbons (Fsp3) is 0.130. The Kier molecular flexibility index (Phi) is 5.36. The van der Waals surface area contributed by atoms with Crippen molar-refractivity contribution < 1.29 is 4.42 Å². The Morgan fingerprint density at radius 2 is 1.53 bits per heavy atom. The van der Waals surface area contributed by atoms with Gasteiger partial charge in [0.05, 0.1) is 18.1 Å². The Hall–Kier alpha value is -3.84. The lowest BCUT2D eigenvalue weighted by atomic mass is 10.1. The van der Waals surface area contributed by atoms with E-state index in [1.807, 2.05) is 67.5 Å². The van der Waals surface area contributed by atoms with Crippen LogP contribution in [0.4, 0.5) is 0 Å². The number of benzene rings is 2. The zero-order chi connectivity index (χ0) is 21.1. The third-order valence-electron chi connectivity index (χ3n) is 4.77. The lowest BCUT2D eigenvalue weighted by Gasteiger charge is -2.15. The molecule has 0 bridgehead atoms. The molecule has 0 amide bonds. The van der Waals surface area contributed by atoms with E-state index in [1.54, 1.807) is 12.4 Å². The van der Waals surface area contributed by atoms with E-state index in [2.05, 4.69) is 26.7 Å². The summed E-state index contributed by atoms with van der Waals surface area (Å²) in [5.74, 6) is 0.743. The van der Waals surface area contributed by atoms with Crippen molar-refractivity contribution >= 4 is 5.70 Å². The summed E-state index contributed by atoms with van der Waals surface area (Å²) in [6.45, 7) is 4.57. The molecule has 0 atom stereocenters. The van der Waals surface area contributed by atoms with Gasteiger partial charge in [0.2, 0.25) is 5.89 Å². The summed E-state index contributed by atoms with van der Waals surface area (Å²) in [5.41, 5.74) is 11.7. The molecular weight excluding hydrogens is 376 g/mol. The molecule has 0 aliphatic heterocycles. The molecule has 0 unspecified atom stereocenters. The first kappa shape index (κ1) is 19.5. The Labute approximate surface area is 174 Å². The van der Waals surface area contributed by atoms with Gasteiger partial charge in [0.1, 0.15) is 5.69 Å². The second kappa shape index (κ2) is 8.26. The van der Waals surface area contributed by atoms with Gasteiger partial charge in [-0.3, -0.25) is 4.98 Å². The lowest BCUT2D eigenvalue weighted by molar-refractivity contribution is 0.582. The molecule has 7 heteroatoms. The van der Waals surface area contributed by atoms with Gasteiger partial charge in [-0.25, -0.2) is 4.98 Å². The lowest BCUT2D eigenvalue weighted by Crippen LogP contribution is -2.08. The molecule has 4 rings (SSSR count). The van der Waals surface area contributed by atoms with Gasteiger partial charge in [0.15, 0.2) is 0 Å². The molecule has 7 nitrogen and oxygen atoms in total. The molecular formula is C23H22N6O. The first-order valence-electron chi connectivity index (χ1n) is 9.47. The minimum absolute atomic E-state index is 0.319. The van der Waals surface area contributed by atoms with E-state index in [4.69, 9.17) is 10.2 Å². The van der Waals surface area contributed by atoms with Crippen LogP contribution in [0.3, 0.4) is 0 Å². The molecule has 4 aromatic rings. The highest BCUT2D eigenvalue weighted by atomic mass is 16.4. The van der Waals surface area contributed by atoms with Gasteiger partial charge in [-0.05, 0) is 23.3 Å². The van der Waals surface area contributed by atoms with E-state index in [9.17, 15) is 0 Å². The highest BCUT2D eigenvalue weighted by Crippen LogP contribution is 2.25. The monoisotopic (exact) mass is 398 g/mol. The second-order valence-electron chi connectivity index (χ2n) is 7.02. The number of hydrogen-bond acceptors (Lipinski definition) is 7. The number of nitrogens with two attached hydrogens (primary N) is 1. The van der Waals surface area contributed by atoms with Crippen LogP contribution in [-0.2, 0) is 6.54 Å². The first-order valence-corrected chi connectivity index (χ1v) is 9.47. The van der Waals surface area contributed by atoms with Crippen molar-refractivity contribution in [3.8, 4) is 34.3 Å². The summed E-state index contributed by atoms with van der Waals surface area (Å²) in [6.07, 6.45) is 3.32. The fourth-order valence-electron chi connectivity index (χ4n) is 2.93. The topological polar surface area (TPSA) is 94.0 Å². The minimum atomic E-state index is 0.319. The summed E-state index contributed by atoms with van der Waals surface area (Å²) in [4.78, 5) is 10.9. The average molecular weight is 398 g/mol. The van der Waals surface area contributed by atoms with E-state index in [0.29, 0.717) is 24.0 Å². The van der Waals surface area contributed by atoms with E-state index < -0.39 is 0 Å². The predicted molar refractivity (Wildman–Crippen MR) is 117 cm³/mol. The molecule has 2 aromatic heterocycles. The SMILES string of the molecule is C=C(c1ccc(-c2cncc(-c3nnc(-c4ccc(CN)cc4)o3)n2)cc1)N(C)C. The van der Waals surface area contributed by atoms with Crippen molar-refractivity contribution in [2.75, 3.05) is 14.1 Å². The van der Waals surface area contributed by atoms with Crippen molar-refractivity contribution in [3.05, 3.63) is 78.6 Å². The molecule has 2 N–H and O–H groups in total. The Morgan fingerprint density at radius 3 is 2.20 bits per heavy atom. The molecule has 0 fully saturated rings. The van der Waals surface area contributed by atoms with Crippen molar-refractivity contribution in [1.29, 1.82) is 0 Å². The minimum Gasteiger partial charge on any atom is -0.415 e. The van der Waals surface area contributed by atoms with E-state index >= 15 is 0 Å². The van der Waals surface area contributed by atoms with Crippen LogP contribution in [0.15, 0.2) is 71.9 Å². The fourth-order valence-corrected chi connectivity index (χ4v) is 2.93. The third kappa shape index (κ3) is 3.97. The largest absolute Gasteiger partial charge is 0.415 e. The highest BCUT2D eigenvalue weighted by molar-refractivity contribution is 5.67. The first-order chi connectivity index (χ1) is 14.5. The number of rotatable bonds is 6. The maximum Gasteiger partial charge on any atom is 0.268 e. The third-order valence-corrected chi connectivity index (χ3v) is 4.77. The smallest absolute Gasteiger partial charge is 0.268 e. The highest BCUT2D eigenvalue weighted by Gasteiger charge is 2.13. The molecule has 2 heterocycles. The van der Waals surface area contributed by atoms with Crippen LogP contribution in [0.1, 0.15) is 11.1 Å². The second-order valence-corrected chi connectivity index (χ2v) is 7.02. The Morgan fingerprint density at radius 1 is 0.900 bits per heavy atom. The van der Waals surface area contributed by atoms with Crippen LogP contribution < -0.4 is 5.73 Å². The van der Waals surface area contributed by atoms with Crippen LogP contribution in [0.25, 0.3) is 40.0 Å². The van der Waals surface area contributed by atoms with E-state index in [-0.39, 0.29) is 0 Å². The molecule has 2 aromatic carbocycles. The number of nitrogens with zero attached hydrogens (tertiary/aromatic N) is 5. The van der Waals surface area contributed by atoms with Crippen molar-refractivity contribution in [2.45, 2.75) is 6.54 Å². The van der Waals surface area contributed by atoms with Gasteiger partial charge >= 0.3 is 0 Å². The summed E-state index contributed by atoms with van der Waals surface area (Å²) < 4.78 is 5.82. The van der Waals surface area contributed by atoms with Crippen LogP contribution in [0.5, 0.6) is 0 Å². The molecule has 0 aliphatic rings.